The topological polar surface area (TPSA) is 78.1 Å². The van der Waals surface area contributed by atoms with Gasteiger partial charge in [0.2, 0.25) is 0 Å². The summed E-state index contributed by atoms with van der Waals surface area (Å²) in [5.41, 5.74) is 6.73. The van der Waals surface area contributed by atoms with Crippen LogP contribution in [0.5, 0.6) is 5.75 Å². The lowest BCUT2D eigenvalue weighted by Gasteiger charge is -2.04. The number of hydrogen-bond acceptors (Lipinski definition) is 6. The van der Waals surface area contributed by atoms with Crippen LogP contribution in [0.3, 0.4) is 0 Å². The van der Waals surface area contributed by atoms with E-state index >= 15 is 0 Å². The molecular weight excluding hydrogens is 250 g/mol. The first kappa shape index (κ1) is 12.5. The Morgan fingerprint density at radius 1 is 1.50 bits per heavy atom. The van der Waals surface area contributed by atoms with Crippen molar-refractivity contribution < 1.29 is 9.53 Å². The number of anilines is 1. The van der Waals surface area contributed by atoms with Gasteiger partial charge >= 0.3 is 0 Å². The number of aromatic nitrogens is 2. The van der Waals surface area contributed by atoms with Gasteiger partial charge in [-0.2, -0.15) is 0 Å². The molecule has 0 saturated heterocycles. The monoisotopic (exact) mass is 263 g/mol. The lowest BCUT2D eigenvalue weighted by atomic mass is 10.1. The Bertz CT molecular complexity index is 554. The minimum Gasteiger partial charge on any atom is -0.492 e. The molecule has 0 aliphatic rings. The molecule has 2 N–H and O–H groups in total. The fraction of sp³-hybridized carbons (Fsp3) is 0.250. The molecule has 18 heavy (non-hydrogen) atoms. The smallest absolute Gasteiger partial charge is 0.180 e. The molecular formula is C12H13N3O2S. The number of carbonyl (C=O) groups excluding carboxylic acids is 1. The molecule has 6 heteroatoms. The normalized spacial score (nSPS) is 10.3. The zero-order valence-electron chi connectivity index (χ0n) is 9.92. The van der Waals surface area contributed by atoms with E-state index in [4.69, 9.17) is 10.5 Å². The van der Waals surface area contributed by atoms with Crippen molar-refractivity contribution in [3.63, 3.8) is 0 Å². The maximum absolute atomic E-state index is 12.0. The van der Waals surface area contributed by atoms with Crippen molar-refractivity contribution in [2.24, 2.45) is 0 Å². The van der Waals surface area contributed by atoms with Gasteiger partial charge in [0, 0.05) is 17.1 Å². The Labute approximate surface area is 109 Å². The van der Waals surface area contributed by atoms with Crippen LogP contribution in [0, 0.1) is 0 Å². The van der Waals surface area contributed by atoms with E-state index in [0.717, 1.165) is 0 Å². The third-order valence-corrected chi connectivity index (χ3v) is 2.98. The van der Waals surface area contributed by atoms with Crippen LogP contribution >= 0.6 is 11.3 Å². The van der Waals surface area contributed by atoms with Crippen molar-refractivity contribution in [3.05, 3.63) is 35.1 Å². The molecule has 0 aliphatic heterocycles. The van der Waals surface area contributed by atoms with Gasteiger partial charge in [-0.1, -0.05) is 0 Å². The highest BCUT2D eigenvalue weighted by Crippen LogP contribution is 2.16. The molecule has 0 unspecified atom stereocenters. The SMILES string of the molecule is CCOc1cncc(C(=O)Cc2csc(N)n2)c1. The minimum absolute atomic E-state index is 0.0469. The van der Waals surface area contributed by atoms with E-state index in [2.05, 4.69) is 9.97 Å². The summed E-state index contributed by atoms with van der Waals surface area (Å²) < 4.78 is 5.30. The van der Waals surface area contributed by atoms with Crippen LogP contribution in [0.15, 0.2) is 23.8 Å². The van der Waals surface area contributed by atoms with Gasteiger partial charge in [-0.25, -0.2) is 4.98 Å². The summed E-state index contributed by atoms with van der Waals surface area (Å²) in [5, 5.41) is 2.26. The average molecular weight is 263 g/mol. The van der Waals surface area contributed by atoms with Crippen LogP contribution in [0.25, 0.3) is 0 Å². The lowest BCUT2D eigenvalue weighted by molar-refractivity contribution is 0.0991. The van der Waals surface area contributed by atoms with Gasteiger partial charge in [-0.3, -0.25) is 9.78 Å². The molecule has 0 saturated carbocycles. The zero-order chi connectivity index (χ0) is 13.0. The van der Waals surface area contributed by atoms with Gasteiger partial charge in [-0.15, -0.1) is 11.3 Å². The first-order valence-corrected chi connectivity index (χ1v) is 6.38. The van der Waals surface area contributed by atoms with Crippen LogP contribution in [0.2, 0.25) is 0 Å². The van der Waals surface area contributed by atoms with E-state index in [1.165, 1.54) is 17.5 Å². The molecule has 0 bridgehead atoms. The van der Waals surface area contributed by atoms with Gasteiger partial charge in [0.1, 0.15) is 5.75 Å². The highest BCUT2D eigenvalue weighted by molar-refractivity contribution is 7.13. The van der Waals surface area contributed by atoms with Crippen molar-refractivity contribution in [3.8, 4) is 5.75 Å². The summed E-state index contributed by atoms with van der Waals surface area (Å²) in [6.07, 6.45) is 3.34. The Hall–Kier alpha value is -1.95. The van der Waals surface area contributed by atoms with E-state index in [-0.39, 0.29) is 12.2 Å². The summed E-state index contributed by atoms with van der Waals surface area (Å²) >= 11 is 1.33. The molecule has 0 spiro atoms. The molecule has 0 amide bonds. The van der Waals surface area contributed by atoms with E-state index in [9.17, 15) is 4.79 Å². The van der Waals surface area contributed by atoms with Crippen LogP contribution < -0.4 is 10.5 Å². The molecule has 0 fully saturated rings. The van der Waals surface area contributed by atoms with Gasteiger partial charge in [0.15, 0.2) is 10.9 Å². The van der Waals surface area contributed by atoms with Gasteiger partial charge in [-0.05, 0) is 13.0 Å². The van der Waals surface area contributed by atoms with E-state index in [0.29, 0.717) is 28.7 Å². The van der Waals surface area contributed by atoms with Gasteiger partial charge in [0.05, 0.1) is 24.9 Å². The number of rotatable bonds is 5. The predicted octanol–water partition coefficient (Wildman–Crippen LogP) is 1.94. The molecule has 0 radical (unpaired) electrons. The highest BCUT2D eigenvalue weighted by atomic mass is 32.1. The fourth-order valence-electron chi connectivity index (χ4n) is 1.49. The molecule has 0 aromatic carbocycles. The second kappa shape index (κ2) is 5.59. The molecule has 2 heterocycles. The van der Waals surface area contributed by atoms with Crippen molar-refractivity contribution >= 4 is 22.3 Å². The van der Waals surface area contributed by atoms with Crippen molar-refractivity contribution in [1.82, 2.24) is 9.97 Å². The molecule has 0 aliphatic carbocycles. The van der Waals surface area contributed by atoms with Crippen molar-refractivity contribution in [1.29, 1.82) is 0 Å². The summed E-state index contributed by atoms with van der Waals surface area (Å²) in [6.45, 7) is 2.43. The van der Waals surface area contributed by atoms with Crippen molar-refractivity contribution in [2.45, 2.75) is 13.3 Å². The van der Waals surface area contributed by atoms with Crippen LogP contribution in [0.4, 0.5) is 5.13 Å². The van der Waals surface area contributed by atoms with Gasteiger partial charge < -0.3 is 10.5 Å². The van der Waals surface area contributed by atoms with E-state index in [1.54, 1.807) is 17.6 Å². The summed E-state index contributed by atoms with van der Waals surface area (Å²) in [7, 11) is 0. The maximum atomic E-state index is 12.0. The number of Topliss-reactive ketones (excluding diaryl/α,β-unsaturated/α-hetero) is 1. The molecule has 5 nitrogen and oxygen atoms in total. The standard InChI is InChI=1S/C12H13N3O2S/c1-2-17-10-3-8(5-14-6-10)11(16)4-9-7-18-12(13)15-9/h3,5-7H,2,4H2,1H3,(H2,13,15). The number of ketones is 1. The Morgan fingerprint density at radius 3 is 3.00 bits per heavy atom. The first-order chi connectivity index (χ1) is 8.69. The number of pyridine rings is 1. The minimum atomic E-state index is -0.0469. The number of nitrogens with two attached hydrogens (primary N) is 1. The predicted molar refractivity (Wildman–Crippen MR) is 70.0 cm³/mol. The molecule has 94 valence electrons. The molecule has 2 aromatic rings. The van der Waals surface area contributed by atoms with E-state index in [1.807, 2.05) is 6.92 Å². The Balaban J connectivity index is 2.11. The second-order valence-corrected chi connectivity index (χ2v) is 4.51. The number of thiazole rings is 1. The summed E-state index contributed by atoms with van der Waals surface area (Å²) in [5.74, 6) is 0.551. The van der Waals surface area contributed by atoms with Crippen molar-refractivity contribution in [2.75, 3.05) is 12.3 Å². The zero-order valence-corrected chi connectivity index (χ0v) is 10.7. The quantitative estimate of drug-likeness (QED) is 0.834. The van der Waals surface area contributed by atoms with Crippen LogP contribution in [-0.2, 0) is 6.42 Å². The lowest BCUT2D eigenvalue weighted by Crippen LogP contribution is -2.05. The number of nitrogen functional groups attached to an aromatic ring is 1. The molecule has 0 atom stereocenters. The maximum Gasteiger partial charge on any atom is 0.180 e. The highest BCUT2D eigenvalue weighted by Gasteiger charge is 2.10. The second-order valence-electron chi connectivity index (χ2n) is 3.62. The number of hydrogen-bond donors (Lipinski definition) is 1. The first-order valence-electron chi connectivity index (χ1n) is 5.50. The molecule has 2 rings (SSSR count). The average Bonchev–Trinajstić information content (AvgIpc) is 2.75. The largest absolute Gasteiger partial charge is 0.492 e. The fourth-order valence-corrected chi connectivity index (χ4v) is 2.05. The van der Waals surface area contributed by atoms with Gasteiger partial charge in [0.25, 0.3) is 0 Å². The Morgan fingerprint density at radius 2 is 2.33 bits per heavy atom. The third kappa shape index (κ3) is 3.04. The number of ether oxygens (including phenoxy) is 1. The molecule has 2 aromatic heterocycles. The summed E-state index contributed by atoms with van der Waals surface area (Å²) in [6, 6.07) is 1.69. The number of carbonyl (C=O) groups is 1. The number of nitrogens with zero attached hydrogens (tertiary/aromatic N) is 2. The third-order valence-electron chi connectivity index (χ3n) is 2.26. The van der Waals surface area contributed by atoms with E-state index < -0.39 is 0 Å². The van der Waals surface area contributed by atoms with Crippen LogP contribution in [0.1, 0.15) is 23.0 Å². The van der Waals surface area contributed by atoms with Crippen LogP contribution in [-0.4, -0.2) is 22.4 Å². The summed E-state index contributed by atoms with van der Waals surface area (Å²) in [4.78, 5) is 20.0. The Kier molecular flexibility index (Phi) is 3.88.